The summed E-state index contributed by atoms with van der Waals surface area (Å²) >= 11 is 3.51. The van der Waals surface area contributed by atoms with Gasteiger partial charge in [0.2, 0.25) is 0 Å². The third kappa shape index (κ3) is 3.97. The number of alkyl halides is 1. The highest BCUT2D eigenvalue weighted by Crippen LogP contribution is 2.35. The van der Waals surface area contributed by atoms with Crippen molar-refractivity contribution in [2.45, 2.75) is 43.4 Å². The van der Waals surface area contributed by atoms with Crippen LogP contribution in [0.25, 0.3) is 11.3 Å². The van der Waals surface area contributed by atoms with Gasteiger partial charge in [0.05, 0.1) is 16.8 Å². The smallest absolute Gasteiger partial charge is 0.157 e. The van der Waals surface area contributed by atoms with E-state index in [9.17, 15) is 8.42 Å². The van der Waals surface area contributed by atoms with Gasteiger partial charge in [-0.25, -0.2) is 18.1 Å². The van der Waals surface area contributed by atoms with Crippen molar-refractivity contribution in [1.29, 1.82) is 0 Å². The number of aryl methyl sites for hydroxylation is 1. The van der Waals surface area contributed by atoms with E-state index in [1.54, 1.807) is 10.9 Å². The first kappa shape index (κ1) is 19.4. The van der Waals surface area contributed by atoms with Crippen LogP contribution in [-0.2, 0) is 16.4 Å². The minimum Gasteiger partial charge on any atom is -0.313 e. The Kier molecular flexibility index (Phi) is 5.74. The van der Waals surface area contributed by atoms with Gasteiger partial charge in [0.15, 0.2) is 9.84 Å². The molecule has 142 valence electrons. The van der Waals surface area contributed by atoms with Crippen molar-refractivity contribution in [3.63, 3.8) is 0 Å². The van der Waals surface area contributed by atoms with Crippen LogP contribution in [0.4, 0.5) is 0 Å². The fourth-order valence-corrected chi connectivity index (χ4v) is 5.16. The molecule has 2 unspecified atom stereocenters. The first-order chi connectivity index (χ1) is 12.3. The molecule has 2 atom stereocenters. The number of fused-ring (bicyclic) bond motifs is 1. The second-order valence-corrected chi connectivity index (χ2v) is 10.1. The molecule has 1 aliphatic rings. The van der Waals surface area contributed by atoms with Crippen LogP contribution in [0.15, 0.2) is 24.4 Å². The van der Waals surface area contributed by atoms with E-state index in [-0.39, 0.29) is 4.95 Å². The molecule has 8 heteroatoms. The zero-order valence-electron chi connectivity index (χ0n) is 15.3. The molecular formula is C18H25BrN4O2S. The summed E-state index contributed by atoms with van der Waals surface area (Å²) in [5.41, 5.74) is 7.63. The predicted octanol–water partition coefficient (Wildman–Crippen LogP) is 3.11. The molecule has 3 rings (SSSR count). The molecule has 0 aliphatic carbocycles. The van der Waals surface area contributed by atoms with E-state index in [1.807, 2.05) is 0 Å². The van der Waals surface area contributed by atoms with Crippen molar-refractivity contribution in [3.8, 4) is 11.3 Å². The van der Waals surface area contributed by atoms with E-state index in [0.717, 1.165) is 30.8 Å². The van der Waals surface area contributed by atoms with Gasteiger partial charge >= 0.3 is 0 Å². The Morgan fingerprint density at radius 1 is 1.42 bits per heavy atom. The molecule has 2 aromatic rings. The third-order valence-electron chi connectivity index (χ3n) is 4.66. The number of benzene rings is 1. The molecule has 0 spiro atoms. The number of imidazole rings is 1. The summed E-state index contributed by atoms with van der Waals surface area (Å²) in [7, 11) is -3.23. The Bertz CT molecular complexity index is 895. The maximum Gasteiger partial charge on any atom is 0.157 e. The van der Waals surface area contributed by atoms with Crippen molar-refractivity contribution in [1.82, 2.24) is 15.0 Å². The van der Waals surface area contributed by atoms with E-state index >= 15 is 0 Å². The number of halogens is 1. The fraction of sp³-hybridized carbons (Fsp3) is 0.500. The zero-order chi connectivity index (χ0) is 18.9. The molecule has 6 nitrogen and oxygen atoms in total. The summed E-state index contributed by atoms with van der Waals surface area (Å²) in [6.07, 6.45) is 4.58. The van der Waals surface area contributed by atoms with Crippen LogP contribution in [0.1, 0.15) is 42.0 Å². The van der Waals surface area contributed by atoms with E-state index in [4.69, 9.17) is 0 Å². The Morgan fingerprint density at radius 3 is 2.85 bits per heavy atom. The maximum atomic E-state index is 12.2. The summed E-state index contributed by atoms with van der Waals surface area (Å²) < 4.78 is 26.1. The highest BCUT2D eigenvalue weighted by molar-refractivity contribution is 9.09. The maximum absolute atomic E-state index is 12.2. The number of hydrogen-bond acceptors (Lipinski definition) is 5. The highest BCUT2D eigenvalue weighted by Gasteiger charge is 2.35. The number of hydrogen-bond donors (Lipinski definition) is 2. The van der Waals surface area contributed by atoms with Gasteiger partial charge in [-0.3, -0.25) is 0 Å². The molecular weight excluding hydrogens is 416 g/mol. The topological polar surface area (TPSA) is 76.0 Å². The van der Waals surface area contributed by atoms with E-state index in [1.165, 1.54) is 17.4 Å². The monoisotopic (exact) mass is 440 g/mol. The largest absolute Gasteiger partial charge is 0.313 e. The van der Waals surface area contributed by atoms with Crippen LogP contribution in [0.3, 0.4) is 0 Å². The molecule has 0 fully saturated rings. The van der Waals surface area contributed by atoms with Crippen molar-refractivity contribution in [2.75, 3.05) is 18.2 Å². The summed E-state index contributed by atoms with van der Waals surface area (Å²) in [6, 6.07) is 6.31. The molecule has 0 bridgehead atoms. The van der Waals surface area contributed by atoms with Gasteiger partial charge in [0.1, 0.15) is 11.1 Å². The Balaban J connectivity index is 1.94. The highest BCUT2D eigenvalue weighted by atomic mass is 79.9. The van der Waals surface area contributed by atoms with Crippen molar-refractivity contribution in [3.05, 3.63) is 41.3 Å². The lowest BCUT2D eigenvalue weighted by molar-refractivity contribution is 0.549. The van der Waals surface area contributed by atoms with Crippen LogP contribution < -0.4 is 10.7 Å². The van der Waals surface area contributed by atoms with Crippen molar-refractivity contribution >= 4 is 25.8 Å². The van der Waals surface area contributed by atoms with Gasteiger partial charge in [-0.15, -0.1) is 0 Å². The SMILES string of the molecule is CCCNCc1ccc(-c2cnc3n2NC(Br)CC3S(C)(=O)=O)cc1C. The van der Waals surface area contributed by atoms with Crippen LogP contribution in [-0.4, -0.2) is 35.8 Å². The Labute approximate surface area is 163 Å². The van der Waals surface area contributed by atoms with Crippen LogP contribution >= 0.6 is 15.9 Å². The van der Waals surface area contributed by atoms with Gasteiger partial charge in [-0.2, -0.15) is 0 Å². The predicted molar refractivity (Wildman–Crippen MR) is 109 cm³/mol. The minimum absolute atomic E-state index is 0.124. The zero-order valence-corrected chi connectivity index (χ0v) is 17.7. The van der Waals surface area contributed by atoms with E-state index < -0.39 is 15.1 Å². The number of aromatic nitrogens is 2. The number of nitrogens with zero attached hydrogens (tertiary/aromatic N) is 2. The Hall–Kier alpha value is -1.38. The molecule has 0 saturated carbocycles. The quantitative estimate of drug-likeness (QED) is 0.409. The average Bonchev–Trinajstić information content (AvgIpc) is 2.98. The number of sulfone groups is 1. The molecule has 0 radical (unpaired) electrons. The van der Waals surface area contributed by atoms with Gasteiger partial charge in [-0.1, -0.05) is 35.0 Å². The summed E-state index contributed by atoms with van der Waals surface area (Å²) in [5, 5.41) is 2.81. The summed E-state index contributed by atoms with van der Waals surface area (Å²) in [6.45, 7) is 6.10. The van der Waals surface area contributed by atoms with Crippen molar-refractivity contribution in [2.24, 2.45) is 0 Å². The van der Waals surface area contributed by atoms with Crippen molar-refractivity contribution < 1.29 is 8.42 Å². The van der Waals surface area contributed by atoms with Gasteiger partial charge in [0, 0.05) is 24.8 Å². The second-order valence-electron chi connectivity index (χ2n) is 6.81. The molecule has 26 heavy (non-hydrogen) atoms. The molecule has 0 saturated heterocycles. The second kappa shape index (κ2) is 7.70. The lowest BCUT2D eigenvalue weighted by atomic mass is 10.0. The molecule has 1 aromatic heterocycles. The minimum atomic E-state index is -3.23. The fourth-order valence-electron chi connectivity index (χ4n) is 3.24. The molecule has 2 heterocycles. The summed E-state index contributed by atoms with van der Waals surface area (Å²) in [4.78, 5) is 4.29. The van der Waals surface area contributed by atoms with Crippen LogP contribution in [0, 0.1) is 6.92 Å². The summed E-state index contributed by atoms with van der Waals surface area (Å²) in [5.74, 6) is 0.546. The normalized spacial score (nSPS) is 19.8. The average molecular weight is 441 g/mol. The van der Waals surface area contributed by atoms with Gasteiger partial charge < -0.3 is 10.7 Å². The molecule has 1 aromatic carbocycles. The van der Waals surface area contributed by atoms with Gasteiger partial charge in [0.25, 0.3) is 0 Å². The van der Waals surface area contributed by atoms with E-state index in [0.29, 0.717) is 12.2 Å². The van der Waals surface area contributed by atoms with Gasteiger partial charge in [-0.05, 0) is 37.1 Å². The number of rotatable bonds is 6. The third-order valence-corrected chi connectivity index (χ3v) is 6.68. The lowest BCUT2D eigenvalue weighted by Crippen LogP contribution is -2.36. The molecule has 2 N–H and O–H groups in total. The standard InChI is InChI=1S/C18H25BrN4O2S/c1-4-7-20-10-14-6-5-13(8-12(14)2)15-11-21-18-16(26(3,24)25)9-17(19)22-23(15)18/h5-6,8,11,16-17,20,22H,4,7,9-10H2,1-3H3. The first-order valence-corrected chi connectivity index (χ1v) is 11.7. The first-order valence-electron chi connectivity index (χ1n) is 8.79. The van der Waals surface area contributed by atoms with E-state index in [2.05, 4.69) is 63.7 Å². The molecule has 1 aliphatic heterocycles. The molecule has 0 amide bonds. The lowest BCUT2D eigenvalue weighted by Gasteiger charge is -2.29. The number of nitrogens with one attached hydrogen (secondary N) is 2. The van der Waals surface area contributed by atoms with Crippen LogP contribution in [0.5, 0.6) is 0 Å². The van der Waals surface area contributed by atoms with Crippen LogP contribution in [0.2, 0.25) is 0 Å². The Morgan fingerprint density at radius 2 is 2.19 bits per heavy atom.